The highest BCUT2D eigenvalue weighted by molar-refractivity contribution is 5.50. The van der Waals surface area contributed by atoms with Crippen LogP contribution in [0.1, 0.15) is 5.56 Å². The number of aromatic nitrogens is 2. The molecule has 0 fully saturated rings. The lowest BCUT2D eigenvalue weighted by molar-refractivity contribution is 0.610. The summed E-state index contributed by atoms with van der Waals surface area (Å²) in [6.45, 7) is 0.570. The summed E-state index contributed by atoms with van der Waals surface area (Å²) in [6.07, 6.45) is 0.575. The number of halogens is 1. The highest BCUT2D eigenvalue weighted by Crippen LogP contribution is 2.12. The highest BCUT2D eigenvalue weighted by atomic mass is 19.1. The predicted octanol–water partition coefficient (Wildman–Crippen LogP) is 1.89. The first-order valence-corrected chi connectivity index (χ1v) is 5.98. The monoisotopic (exact) mass is 261 g/mol. The van der Waals surface area contributed by atoms with Crippen molar-refractivity contribution in [1.82, 2.24) is 9.97 Å². The van der Waals surface area contributed by atoms with Gasteiger partial charge in [-0.15, -0.1) is 0 Å². The van der Waals surface area contributed by atoms with Crippen molar-refractivity contribution in [2.75, 3.05) is 30.0 Å². The lowest BCUT2D eigenvalue weighted by Crippen LogP contribution is -2.09. The molecule has 0 atom stereocenters. The Morgan fingerprint density at radius 2 is 1.95 bits per heavy atom. The average Bonchev–Trinajstić information content (AvgIpc) is 2.40. The van der Waals surface area contributed by atoms with Crippen LogP contribution in [0.5, 0.6) is 0 Å². The average molecular weight is 261 g/mol. The van der Waals surface area contributed by atoms with Gasteiger partial charge in [0.2, 0.25) is 5.95 Å². The van der Waals surface area contributed by atoms with Crippen molar-refractivity contribution >= 4 is 17.6 Å². The summed E-state index contributed by atoms with van der Waals surface area (Å²) in [7, 11) is 1.75. The second kappa shape index (κ2) is 5.99. The first kappa shape index (κ1) is 13.1. The van der Waals surface area contributed by atoms with Gasteiger partial charge in [0.25, 0.3) is 0 Å². The molecule has 1 heterocycles. The lowest BCUT2D eigenvalue weighted by atomic mass is 10.1. The van der Waals surface area contributed by atoms with E-state index in [1.54, 1.807) is 25.2 Å². The Labute approximate surface area is 111 Å². The van der Waals surface area contributed by atoms with Crippen LogP contribution in [0, 0.1) is 5.82 Å². The molecular weight excluding hydrogens is 245 g/mol. The molecule has 100 valence electrons. The largest absolute Gasteiger partial charge is 0.373 e. The molecule has 6 heteroatoms. The maximum absolute atomic E-state index is 13.4. The second-order valence-corrected chi connectivity index (χ2v) is 4.01. The van der Waals surface area contributed by atoms with Gasteiger partial charge < -0.3 is 16.4 Å². The van der Waals surface area contributed by atoms with E-state index < -0.39 is 0 Å². The number of rotatable bonds is 5. The van der Waals surface area contributed by atoms with Gasteiger partial charge in [-0.1, -0.05) is 18.2 Å². The van der Waals surface area contributed by atoms with Crippen molar-refractivity contribution in [3.63, 3.8) is 0 Å². The minimum Gasteiger partial charge on any atom is -0.373 e. The molecule has 0 spiro atoms. The van der Waals surface area contributed by atoms with Gasteiger partial charge >= 0.3 is 0 Å². The van der Waals surface area contributed by atoms with E-state index in [1.807, 2.05) is 6.07 Å². The number of hydrogen-bond acceptors (Lipinski definition) is 5. The van der Waals surface area contributed by atoms with Gasteiger partial charge in [0.1, 0.15) is 17.5 Å². The quantitative estimate of drug-likeness (QED) is 0.766. The molecule has 0 aliphatic rings. The molecule has 0 bridgehead atoms. The summed E-state index contributed by atoms with van der Waals surface area (Å²) in [6, 6.07) is 8.47. The Balaban J connectivity index is 1.96. The molecule has 0 aliphatic carbocycles. The van der Waals surface area contributed by atoms with Gasteiger partial charge in [-0.2, -0.15) is 9.97 Å². The van der Waals surface area contributed by atoms with Gasteiger partial charge in [0.05, 0.1) is 0 Å². The lowest BCUT2D eigenvalue weighted by Gasteiger charge is -2.08. The first-order chi connectivity index (χ1) is 9.19. The third-order valence-corrected chi connectivity index (χ3v) is 2.66. The van der Waals surface area contributed by atoms with Crippen molar-refractivity contribution < 1.29 is 4.39 Å². The van der Waals surface area contributed by atoms with Gasteiger partial charge in [-0.25, -0.2) is 4.39 Å². The van der Waals surface area contributed by atoms with Gasteiger partial charge in [-0.05, 0) is 18.1 Å². The van der Waals surface area contributed by atoms with Crippen LogP contribution in [0.4, 0.5) is 22.0 Å². The molecule has 2 aromatic rings. The van der Waals surface area contributed by atoms with Crippen LogP contribution in [-0.2, 0) is 6.42 Å². The van der Waals surface area contributed by atoms with Crippen molar-refractivity contribution in [3.8, 4) is 0 Å². The molecule has 0 radical (unpaired) electrons. The summed E-state index contributed by atoms with van der Waals surface area (Å²) in [4.78, 5) is 8.05. The minimum atomic E-state index is -0.192. The van der Waals surface area contributed by atoms with E-state index in [1.165, 1.54) is 6.07 Å². The van der Waals surface area contributed by atoms with Gasteiger partial charge in [0.15, 0.2) is 0 Å². The SMILES string of the molecule is CNc1cc(NCCc2ccccc2F)nc(N)n1. The molecule has 1 aromatic heterocycles. The Hall–Kier alpha value is -2.37. The topological polar surface area (TPSA) is 75.9 Å². The van der Waals surface area contributed by atoms with Crippen molar-refractivity contribution in [2.45, 2.75) is 6.42 Å². The smallest absolute Gasteiger partial charge is 0.223 e. The molecule has 1 aromatic carbocycles. The van der Waals surface area contributed by atoms with Crippen LogP contribution in [-0.4, -0.2) is 23.6 Å². The molecule has 0 saturated carbocycles. The van der Waals surface area contributed by atoms with Crippen molar-refractivity contribution in [3.05, 3.63) is 41.7 Å². The van der Waals surface area contributed by atoms with Crippen molar-refractivity contribution in [1.29, 1.82) is 0 Å². The number of nitrogens with zero attached hydrogens (tertiary/aromatic N) is 2. The third kappa shape index (κ3) is 3.54. The maximum Gasteiger partial charge on any atom is 0.223 e. The summed E-state index contributed by atoms with van der Waals surface area (Å²) in [5, 5.41) is 5.99. The van der Waals surface area contributed by atoms with E-state index in [2.05, 4.69) is 20.6 Å². The zero-order valence-corrected chi connectivity index (χ0v) is 10.7. The summed E-state index contributed by atoms with van der Waals surface area (Å²) in [5.41, 5.74) is 6.25. The van der Waals surface area contributed by atoms with E-state index in [-0.39, 0.29) is 11.8 Å². The Kier molecular flexibility index (Phi) is 4.12. The van der Waals surface area contributed by atoms with Gasteiger partial charge in [-0.3, -0.25) is 0 Å². The fourth-order valence-electron chi connectivity index (χ4n) is 1.71. The number of benzene rings is 1. The molecule has 19 heavy (non-hydrogen) atoms. The normalized spacial score (nSPS) is 10.2. The number of anilines is 3. The summed E-state index contributed by atoms with van der Waals surface area (Å²) in [5.74, 6) is 1.26. The number of nitrogens with one attached hydrogen (secondary N) is 2. The standard InChI is InChI=1S/C13H16FN5/c1-16-11-8-12(19-13(15)18-11)17-7-6-9-4-2-3-5-10(9)14/h2-5,8H,6-7H2,1H3,(H4,15,16,17,18,19). The Morgan fingerprint density at radius 1 is 1.21 bits per heavy atom. The van der Waals surface area contributed by atoms with Crippen LogP contribution >= 0.6 is 0 Å². The number of nitrogens with two attached hydrogens (primary N) is 1. The van der Waals surface area contributed by atoms with Crippen molar-refractivity contribution in [2.24, 2.45) is 0 Å². The van der Waals surface area contributed by atoms with E-state index in [4.69, 9.17) is 5.73 Å². The number of nitrogen functional groups attached to an aromatic ring is 1. The van der Waals surface area contributed by atoms with Crippen LogP contribution < -0.4 is 16.4 Å². The molecule has 0 aliphatic heterocycles. The highest BCUT2D eigenvalue weighted by Gasteiger charge is 2.03. The van der Waals surface area contributed by atoms with E-state index in [0.717, 1.165) is 0 Å². The predicted molar refractivity (Wildman–Crippen MR) is 74.6 cm³/mol. The zero-order valence-electron chi connectivity index (χ0n) is 10.7. The fraction of sp³-hybridized carbons (Fsp3) is 0.231. The van der Waals surface area contributed by atoms with Crippen LogP contribution in [0.15, 0.2) is 30.3 Å². The Morgan fingerprint density at radius 3 is 2.68 bits per heavy atom. The molecule has 4 N–H and O–H groups in total. The molecule has 0 unspecified atom stereocenters. The molecule has 0 amide bonds. The second-order valence-electron chi connectivity index (χ2n) is 4.01. The van der Waals surface area contributed by atoms with Crippen LogP contribution in [0.3, 0.4) is 0 Å². The molecular formula is C13H16FN5. The summed E-state index contributed by atoms with van der Waals surface area (Å²) < 4.78 is 13.4. The van der Waals surface area contributed by atoms with Crippen LogP contribution in [0.25, 0.3) is 0 Å². The first-order valence-electron chi connectivity index (χ1n) is 5.98. The van der Waals surface area contributed by atoms with E-state index in [9.17, 15) is 4.39 Å². The van der Waals surface area contributed by atoms with E-state index >= 15 is 0 Å². The third-order valence-electron chi connectivity index (χ3n) is 2.66. The Bertz CT molecular complexity index is 558. The molecule has 0 saturated heterocycles. The number of hydrogen-bond donors (Lipinski definition) is 3. The minimum absolute atomic E-state index is 0.192. The van der Waals surface area contributed by atoms with Crippen LogP contribution in [0.2, 0.25) is 0 Å². The van der Waals surface area contributed by atoms with E-state index in [0.29, 0.717) is 30.2 Å². The molecule has 5 nitrogen and oxygen atoms in total. The fourth-order valence-corrected chi connectivity index (χ4v) is 1.71. The zero-order chi connectivity index (χ0) is 13.7. The maximum atomic E-state index is 13.4. The van der Waals surface area contributed by atoms with Gasteiger partial charge in [0, 0.05) is 19.7 Å². The summed E-state index contributed by atoms with van der Waals surface area (Å²) >= 11 is 0. The molecule has 2 rings (SSSR count).